The van der Waals surface area contributed by atoms with Gasteiger partial charge in [0.25, 0.3) is 0 Å². The molecule has 0 aliphatic carbocycles. The van der Waals surface area contributed by atoms with Gasteiger partial charge in [0.05, 0.1) is 29.1 Å². The summed E-state index contributed by atoms with van der Waals surface area (Å²) in [6.07, 6.45) is 2.84. The van der Waals surface area contributed by atoms with Crippen molar-refractivity contribution in [2.75, 3.05) is 7.11 Å². The number of hydrogen-bond acceptors (Lipinski definition) is 6. The summed E-state index contributed by atoms with van der Waals surface area (Å²) in [5.41, 5.74) is 1.14. The Morgan fingerprint density at radius 3 is 2.40 bits per heavy atom. The normalized spacial score (nSPS) is 11.4. The number of nitrogens with zero attached hydrogens (tertiary/aromatic N) is 4. The quantitative estimate of drug-likeness (QED) is 0.473. The minimum Gasteiger partial charge on any atom is -0.481 e. The van der Waals surface area contributed by atoms with Gasteiger partial charge in [0.2, 0.25) is 15.7 Å². The third kappa shape index (κ3) is 3.74. The molecule has 0 amide bonds. The van der Waals surface area contributed by atoms with Crippen molar-refractivity contribution in [3.63, 3.8) is 0 Å². The van der Waals surface area contributed by atoms with Crippen molar-refractivity contribution < 1.29 is 13.2 Å². The van der Waals surface area contributed by atoms with Gasteiger partial charge in [0.15, 0.2) is 0 Å². The van der Waals surface area contributed by atoms with E-state index >= 15 is 0 Å². The van der Waals surface area contributed by atoms with E-state index in [4.69, 9.17) is 4.74 Å². The Hall–Kier alpha value is -3.72. The average Bonchev–Trinajstić information content (AvgIpc) is 3.14. The van der Waals surface area contributed by atoms with Crippen LogP contribution in [0.4, 0.5) is 0 Å². The van der Waals surface area contributed by atoms with Gasteiger partial charge >= 0.3 is 5.69 Å². The number of pyridine rings is 1. The van der Waals surface area contributed by atoms with Crippen molar-refractivity contribution in [1.82, 2.24) is 19.3 Å². The van der Waals surface area contributed by atoms with Gasteiger partial charge in [-0.3, -0.25) is 4.57 Å². The Bertz CT molecular complexity index is 1330. The summed E-state index contributed by atoms with van der Waals surface area (Å²) in [6.45, 7) is 0.399. The fourth-order valence-electron chi connectivity index (χ4n) is 2.97. The van der Waals surface area contributed by atoms with Crippen molar-refractivity contribution in [3.05, 3.63) is 95.3 Å². The smallest absolute Gasteiger partial charge is 0.350 e. The molecule has 30 heavy (non-hydrogen) atoms. The topological polar surface area (TPSA) is 96.1 Å². The van der Waals surface area contributed by atoms with E-state index in [2.05, 4.69) is 10.1 Å². The Balaban J connectivity index is 1.62. The predicted molar refractivity (Wildman–Crippen MR) is 110 cm³/mol. The number of sulfone groups is 1. The number of aromatic nitrogens is 4. The van der Waals surface area contributed by atoms with Crippen LogP contribution >= 0.6 is 0 Å². The second-order valence-corrected chi connectivity index (χ2v) is 8.42. The molecule has 9 heteroatoms. The first-order chi connectivity index (χ1) is 14.5. The number of benzene rings is 2. The van der Waals surface area contributed by atoms with Crippen LogP contribution in [-0.2, 0) is 16.4 Å². The Morgan fingerprint density at radius 2 is 1.70 bits per heavy atom. The lowest BCUT2D eigenvalue weighted by Gasteiger charge is -2.07. The highest BCUT2D eigenvalue weighted by Gasteiger charge is 2.19. The van der Waals surface area contributed by atoms with E-state index in [1.807, 2.05) is 30.3 Å². The third-order valence-corrected chi connectivity index (χ3v) is 6.31. The summed E-state index contributed by atoms with van der Waals surface area (Å²) in [7, 11) is -2.33. The Labute approximate surface area is 172 Å². The Morgan fingerprint density at radius 1 is 0.967 bits per heavy atom. The van der Waals surface area contributed by atoms with E-state index in [0.717, 1.165) is 5.56 Å². The molecule has 0 aliphatic heterocycles. The molecule has 0 spiro atoms. The van der Waals surface area contributed by atoms with Crippen LogP contribution in [0.1, 0.15) is 5.56 Å². The van der Waals surface area contributed by atoms with Gasteiger partial charge in [-0.15, -0.1) is 0 Å². The van der Waals surface area contributed by atoms with Crippen molar-refractivity contribution >= 4 is 9.84 Å². The van der Waals surface area contributed by atoms with Crippen molar-refractivity contribution in [2.45, 2.75) is 16.3 Å². The summed E-state index contributed by atoms with van der Waals surface area (Å²) < 4.78 is 33.4. The van der Waals surface area contributed by atoms with Crippen molar-refractivity contribution in [3.8, 4) is 11.6 Å². The van der Waals surface area contributed by atoms with Gasteiger partial charge in [-0.05, 0) is 35.9 Å². The van der Waals surface area contributed by atoms with Gasteiger partial charge in [0.1, 0.15) is 6.33 Å². The molecule has 2 aromatic carbocycles. The number of methoxy groups -OCH3 is 1. The highest BCUT2D eigenvalue weighted by Crippen LogP contribution is 2.23. The lowest BCUT2D eigenvalue weighted by Crippen LogP contribution is -2.24. The maximum atomic E-state index is 12.9. The first-order valence-corrected chi connectivity index (χ1v) is 10.5. The van der Waals surface area contributed by atoms with Crippen molar-refractivity contribution in [1.29, 1.82) is 0 Å². The maximum absolute atomic E-state index is 12.9. The molecule has 0 unspecified atom stereocenters. The zero-order valence-electron chi connectivity index (χ0n) is 16.0. The van der Waals surface area contributed by atoms with E-state index in [1.165, 1.54) is 53.1 Å². The minimum atomic E-state index is -3.75. The first kappa shape index (κ1) is 19.6. The number of hydrogen-bond donors (Lipinski definition) is 0. The van der Waals surface area contributed by atoms with Crippen LogP contribution in [0.5, 0.6) is 5.88 Å². The van der Waals surface area contributed by atoms with Crippen LogP contribution in [0.2, 0.25) is 0 Å². The maximum Gasteiger partial charge on any atom is 0.350 e. The van der Waals surface area contributed by atoms with E-state index < -0.39 is 9.84 Å². The molecule has 2 heterocycles. The summed E-state index contributed by atoms with van der Waals surface area (Å²) in [5, 5.41) is 4.15. The SMILES string of the molecule is COc1cc(S(=O)(=O)c2ccc(-n3ncn(Cc4ccccc4)c3=O)cc2)ccn1. The van der Waals surface area contributed by atoms with Gasteiger partial charge in [-0.1, -0.05) is 30.3 Å². The summed E-state index contributed by atoms with van der Waals surface area (Å²) >= 11 is 0. The first-order valence-electron chi connectivity index (χ1n) is 9.03. The monoisotopic (exact) mass is 422 g/mol. The van der Waals surface area contributed by atoms with Gasteiger partial charge in [-0.25, -0.2) is 18.2 Å². The third-order valence-electron chi connectivity index (χ3n) is 4.55. The molecule has 4 aromatic rings. The average molecular weight is 422 g/mol. The van der Waals surface area contributed by atoms with Crippen LogP contribution in [0.25, 0.3) is 5.69 Å². The molecule has 0 aliphatic rings. The zero-order chi connectivity index (χ0) is 21.1. The molecule has 0 N–H and O–H groups in total. The van der Waals surface area contributed by atoms with Crippen LogP contribution in [0.15, 0.2) is 93.8 Å². The summed E-state index contributed by atoms with van der Waals surface area (Å²) in [4.78, 5) is 16.8. The molecule has 0 atom stereocenters. The van der Waals surface area contributed by atoms with Crippen LogP contribution in [0, 0.1) is 0 Å². The summed E-state index contributed by atoms with van der Waals surface area (Å²) in [6, 6.07) is 18.3. The highest BCUT2D eigenvalue weighted by molar-refractivity contribution is 7.91. The van der Waals surface area contributed by atoms with Crippen molar-refractivity contribution in [2.24, 2.45) is 0 Å². The molecule has 0 saturated carbocycles. The van der Waals surface area contributed by atoms with Crippen LogP contribution in [0.3, 0.4) is 0 Å². The molecular weight excluding hydrogens is 404 g/mol. The molecule has 8 nitrogen and oxygen atoms in total. The molecule has 4 rings (SSSR count). The highest BCUT2D eigenvalue weighted by atomic mass is 32.2. The Kier molecular flexibility index (Phi) is 5.20. The molecule has 0 bridgehead atoms. The second kappa shape index (κ2) is 7.96. The summed E-state index contributed by atoms with van der Waals surface area (Å²) in [5.74, 6) is 0.211. The number of rotatable bonds is 6. The van der Waals surface area contributed by atoms with Gasteiger partial charge in [-0.2, -0.15) is 9.78 Å². The largest absolute Gasteiger partial charge is 0.481 e. The fourth-order valence-corrected chi connectivity index (χ4v) is 4.24. The van der Waals surface area contributed by atoms with E-state index in [0.29, 0.717) is 12.2 Å². The lowest BCUT2D eigenvalue weighted by atomic mass is 10.2. The number of ether oxygens (including phenoxy) is 1. The van der Waals surface area contributed by atoms with E-state index in [1.54, 1.807) is 12.1 Å². The fraction of sp³-hybridized carbons (Fsp3) is 0.0952. The lowest BCUT2D eigenvalue weighted by molar-refractivity contribution is 0.396. The molecule has 0 radical (unpaired) electrons. The van der Waals surface area contributed by atoms with Crippen LogP contribution in [-0.4, -0.2) is 34.9 Å². The minimum absolute atomic E-state index is 0.0754. The van der Waals surface area contributed by atoms with E-state index in [-0.39, 0.29) is 21.4 Å². The molecule has 2 aromatic heterocycles. The van der Waals surface area contributed by atoms with E-state index in [9.17, 15) is 13.2 Å². The molecule has 152 valence electrons. The molecule has 0 saturated heterocycles. The predicted octanol–water partition coefficient (Wildman–Crippen LogP) is 2.32. The van der Waals surface area contributed by atoms with Gasteiger partial charge in [0, 0.05) is 12.3 Å². The van der Waals surface area contributed by atoms with Crippen LogP contribution < -0.4 is 10.4 Å². The standard InChI is InChI=1S/C21H18N4O4S/c1-29-20-13-19(11-12-22-20)30(27,28)18-9-7-17(8-10-18)25-21(26)24(15-23-25)14-16-5-3-2-4-6-16/h2-13,15H,14H2,1H3. The molecule has 0 fully saturated rings. The zero-order valence-corrected chi connectivity index (χ0v) is 16.9. The second-order valence-electron chi connectivity index (χ2n) is 6.47. The molecular formula is C21H18N4O4S. The van der Waals surface area contributed by atoms with Gasteiger partial charge < -0.3 is 4.74 Å².